The summed E-state index contributed by atoms with van der Waals surface area (Å²) in [6, 6.07) is 0. The van der Waals surface area contributed by atoms with Crippen molar-refractivity contribution in [1.82, 2.24) is 0 Å². The van der Waals surface area contributed by atoms with Gasteiger partial charge in [0.05, 0.1) is 7.11 Å². The van der Waals surface area contributed by atoms with E-state index in [9.17, 15) is 0 Å². The lowest BCUT2D eigenvalue weighted by Crippen LogP contribution is -2.10. The summed E-state index contributed by atoms with van der Waals surface area (Å²) in [4.78, 5) is 1.42. The van der Waals surface area contributed by atoms with E-state index in [1.165, 1.54) is 10.4 Å². The Kier molecular flexibility index (Phi) is 2.47. The first-order valence-corrected chi connectivity index (χ1v) is 4.97. The van der Waals surface area contributed by atoms with Gasteiger partial charge in [0.15, 0.2) is 0 Å². The molecule has 0 saturated heterocycles. The maximum Gasteiger partial charge on any atom is 0.132 e. The second-order valence-corrected chi connectivity index (χ2v) is 4.89. The molecule has 0 radical (unpaired) electrons. The lowest BCUT2D eigenvalue weighted by atomic mass is 9.92. The molecule has 2 heteroatoms. The number of hydrogen-bond donors (Lipinski definition) is 0. The minimum atomic E-state index is 0.242. The zero-order chi connectivity index (χ0) is 9.35. The number of rotatable bonds is 1. The Morgan fingerprint density at radius 3 is 2.17 bits per heavy atom. The van der Waals surface area contributed by atoms with Gasteiger partial charge in [-0.25, -0.2) is 0 Å². The van der Waals surface area contributed by atoms with Crippen LogP contribution in [-0.2, 0) is 5.41 Å². The van der Waals surface area contributed by atoms with Crippen LogP contribution < -0.4 is 4.74 Å². The normalized spacial score (nSPS) is 11.8. The van der Waals surface area contributed by atoms with Gasteiger partial charge in [-0.15, -0.1) is 11.3 Å². The Bertz CT molecular complexity index is 268. The molecular formula is C10H16OS. The second-order valence-electron chi connectivity index (χ2n) is 4.01. The molecule has 0 atom stereocenters. The van der Waals surface area contributed by atoms with Crippen molar-refractivity contribution in [3.05, 3.63) is 15.8 Å². The summed E-state index contributed by atoms with van der Waals surface area (Å²) >= 11 is 1.78. The second kappa shape index (κ2) is 3.09. The smallest absolute Gasteiger partial charge is 0.132 e. The molecule has 0 aliphatic heterocycles. The van der Waals surface area contributed by atoms with Crippen molar-refractivity contribution in [3.8, 4) is 5.75 Å². The summed E-state index contributed by atoms with van der Waals surface area (Å²) in [5.41, 5.74) is 1.53. The Labute approximate surface area is 78.4 Å². The fourth-order valence-corrected chi connectivity index (χ4v) is 2.47. The lowest BCUT2D eigenvalue weighted by Gasteiger charge is -2.17. The van der Waals surface area contributed by atoms with Gasteiger partial charge in [0.1, 0.15) is 5.75 Å². The van der Waals surface area contributed by atoms with Gasteiger partial charge in [0.2, 0.25) is 0 Å². The van der Waals surface area contributed by atoms with Crippen molar-refractivity contribution in [2.75, 3.05) is 7.11 Å². The molecule has 1 nitrogen and oxygen atoms in total. The van der Waals surface area contributed by atoms with E-state index in [1.54, 1.807) is 18.4 Å². The third kappa shape index (κ3) is 1.63. The van der Waals surface area contributed by atoms with Crippen LogP contribution in [-0.4, -0.2) is 7.11 Å². The number of methoxy groups -OCH3 is 1. The average molecular weight is 184 g/mol. The van der Waals surface area contributed by atoms with E-state index in [2.05, 4.69) is 33.1 Å². The molecule has 1 aromatic heterocycles. The van der Waals surface area contributed by atoms with Gasteiger partial charge in [-0.05, 0) is 12.3 Å². The minimum absolute atomic E-state index is 0.242. The molecule has 1 heterocycles. The molecule has 0 amide bonds. The summed E-state index contributed by atoms with van der Waals surface area (Å²) in [5.74, 6) is 1.02. The topological polar surface area (TPSA) is 9.23 Å². The van der Waals surface area contributed by atoms with E-state index < -0.39 is 0 Å². The van der Waals surface area contributed by atoms with E-state index in [0.717, 1.165) is 5.75 Å². The molecule has 0 spiro atoms. The fraction of sp³-hybridized carbons (Fsp3) is 0.600. The summed E-state index contributed by atoms with van der Waals surface area (Å²) < 4.78 is 5.23. The summed E-state index contributed by atoms with van der Waals surface area (Å²) in [6.07, 6.45) is 0. The highest BCUT2D eigenvalue weighted by molar-refractivity contribution is 7.10. The third-order valence-electron chi connectivity index (χ3n) is 1.90. The molecule has 0 N–H and O–H groups in total. The van der Waals surface area contributed by atoms with Crippen LogP contribution in [0.3, 0.4) is 0 Å². The molecule has 0 bridgehead atoms. The highest BCUT2D eigenvalue weighted by atomic mass is 32.1. The Morgan fingerprint density at radius 1 is 1.33 bits per heavy atom. The zero-order valence-corrected chi connectivity index (χ0v) is 9.21. The van der Waals surface area contributed by atoms with Crippen LogP contribution in [0.1, 0.15) is 31.2 Å². The van der Waals surface area contributed by atoms with Crippen molar-refractivity contribution < 1.29 is 4.74 Å². The summed E-state index contributed by atoms with van der Waals surface area (Å²) in [7, 11) is 1.72. The van der Waals surface area contributed by atoms with Gasteiger partial charge < -0.3 is 4.74 Å². The predicted octanol–water partition coefficient (Wildman–Crippen LogP) is 3.36. The number of hydrogen-bond acceptors (Lipinski definition) is 2. The molecule has 0 saturated carbocycles. The quantitative estimate of drug-likeness (QED) is 0.650. The maximum atomic E-state index is 5.23. The molecule has 1 aromatic rings. The van der Waals surface area contributed by atoms with Crippen LogP contribution in [0, 0.1) is 6.92 Å². The van der Waals surface area contributed by atoms with Gasteiger partial charge >= 0.3 is 0 Å². The molecule has 68 valence electrons. The largest absolute Gasteiger partial charge is 0.496 e. The van der Waals surface area contributed by atoms with Gasteiger partial charge in [-0.3, -0.25) is 0 Å². The first kappa shape index (κ1) is 9.59. The molecule has 0 aromatic carbocycles. The molecule has 1 rings (SSSR count). The zero-order valence-electron chi connectivity index (χ0n) is 8.39. The summed E-state index contributed by atoms with van der Waals surface area (Å²) in [6.45, 7) is 8.80. The molecule has 0 fully saturated rings. The van der Waals surface area contributed by atoms with Gasteiger partial charge in [0, 0.05) is 15.8 Å². The highest BCUT2D eigenvalue weighted by Gasteiger charge is 2.20. The molecular weight excluding hydrogens is 168 g/mol. The van der Waals surface area contributed by atoms with Gasteiger partial charge in [-0.2, -0.15) is 0 Å². The van der Waals surface area contributed by atoms with E-state index in [1.807, 2.05) is 0 Å². The Hall–Kier alpha value is -0.500. The highest BCUT2D eigenvalue weighted by Crippen LogP contribution is 2.36. The number of ether oxygens (including phenoxy) is 1. The molecule has 0 unspecified atom stereocenters. The van der Waals surface area contributed by atoms with Crippen molar-refractivity contribution in [1.29, 1.82) is 0 Å². The van der Waals surface area contributed by atoms with Gasteiger partial charge in [0.25, 0.3) is 0 Å². The fourth-order valence-electron chi connectivity index (χ4n) is 1.34. The van der Waals surface area contributed by atoms with Crippen LogP contribution in [0.2, 0.25) is 0 Å². The molecule has 12 heavy (non-hydrogen) atoms. The Morgan fingerprint density at radius 2 is 1.92 bits per heavy atom. The van der Waals surface area contributed by atoms with Crippen LogP contribution in [0.15, 0.2) is 5.38 Å². The molecule has 0 aliphatic carbocycles. The van der Waals surface area contributed by atoms with Crippen LogP contribution in [0.4, 0.5) is 0 Å². The maximum absolute atomic E-state index is 5.23. The van der Waals surface area contributed by atoms with Crippen LogP contribution in [0.5, 0.6) is 5.75 Å². The van der Waals surface area contributed by atoms with E-state index in [4.69, 9.17) is 4.74 Å². The van der Waals surface area contributed by atoms with Crippen molar-refractivity contribution in [2.45, 2.75) is 33.1 Å². The molecule has 0 aliphatic rings. The minimum Gasteiger partial charge on any atom is -0.496 e. The predicted molar refractivity (Wildman–Crippen MR) is 54.3 cm³/mol. The standard InChI is InChI=1S/C10H16OS/c1-7-8(11-5)6-12-9(7)10(2,3)4/h6H,1-5H3. The summed E-state index contributed by atoms with van der Waals surface area (Å²) in [5, 5.41) is 2.08. The first-order chi connectivity index (χ1) is 5.46. The van der Waals surface area contributed by atoms with Crippen molar-refractivity contribution >= 4 is 11.3 Å². The van der Waals surface area contributed by atoms with Crippen molar-refractivity contribution in [3.63, 3.8) is 0 Å². The van der Waals surface area contributed by atoms with E-state index in [-0.39, 0.29) is 5.41 Å². The SMILES string of the molecule is COc1csc(C(C)(C)C)c1C. The third-order valence-corrected chi connectivity index (χ3v) is 3.38. The monoisotopic (exact) mass is 184 g/mol. The average Bonchev–Trinajstić information content (AvgIpc) is 2.29. The van der Waals surface area contributed by atoms with Gasteiger partial charge in [-0.1, -0.05) is 20.8 Å². The van der Waals surface area contributed by atoms with Crippen LogP contribution >= 0.6 is 11.3 Å². The number of thiophene rings is 1. The van der Waals surface area contributed by atoms with Crippen molar-refractivity contribution in [2.24, 2.45) is 0 Å². The first-order valence-electron chi connectivity index (χ1n) is 4.09. The lowest BCUT2D eigenvalue weighted by molar-refractivity contribution is 0.412. The van der Waals surface area contributed by atoms with Crippen LogP contribution in [0.25, 0.3) is 0 Å². The Balaban J connectivity index is 3.11. The van der Waals surface area contributed by atoms with E-state index >= 15 is 0 Å². The van der Waals surface area contributed by atoms with E-state index in [0.29, 0.717) is 0 Å².